The minimum Gasteiger partial charge on any atom is -0.349 e. The molecule has 23 heavy (non-hydrogen) atoms. The summed E-state index contributed by atoms with van der Waals surface area (Å²) in [5.74, 6) is -0.364. The number of rotatable bonds is 5. The van der Waals surface area contributed by atoms with Gasteiger partial charge in [-0.2, -0.15) is 0 Å². The van der Waals surface area contributed by atoms with E-state index in [0.717, 1.165) is 0 Å². The van der Waals surface area contributed by atoms with Gasteiger partial charge in [0.25, 0.3) is 0 Å². The molecule has 1 amide bonds. The van der Waals surface area contributed by atoms with Gasteiger partial charge in [-0.05, 0) is 42.0 Å². The van der Waals surface area contributed by atoms with Gasteiger partial charge < -0.3 is 5.32 Å². The normalized spacial score (nSPS) is 11.8. The molecule has 0 saturated heterocycles. The summed E-state index contributed by atoms with van der Waals surface area (Å²) in [5, 5.41) is 4.20. The van der Waals surface area contributed by atoms with Crippen molar-refractivity contribution >= 4 is 46.5 Å². The Hall–Kier alpha value is -1.55. The second-order valence-electron chi connectivity index (χ2n) is 5.05. The van der Waals surface area contributed by atoms with Gasteiger partial charge >= 0.3 is 0 Å². The first-order valence-electron chi connectivity index (χ1n) is 6.87. The van der Waals surface area contributed by atoms with Crippen LogP contribution in [0.4, 0.5) is 0 Å². The van der Waals surface area contributed by atoms with Gasteiger partial charge in [0.1, 0.15) is 0 Å². The molecular formula is C17H14Cl3NO2. The first kappa shape index (κ1) is 17.8. The lowest BCUT2D eigenvalue weighted by Gasteiger charge is -2.19. The first-order chi connectivity index (χ1) is 10.9. The van der Waals surface area contributed by atoms with Crippen LogP contribution in [-0.2, 0) is 4.79 Å². The maximum absolute atomic E-state index is 12.4. The van der Waals surface area contributed by atoms with Gasteiger partial charge in [-0.15, -0.1) is 0 Å². The smallest absolute Gasteiger partial charge is 0.217 e. The van der Waals surface area contributed by atoms with Crippen LogP contribution in [0.1, 0.15) is 35.3 Å². The fourth-order valence-electron chi connectivity index (χ4n) is 2.21. The average molecular weight is 371 g/mol. The van der Waals surface area contributed by atoms with E-state index in [0.29, 0.717) is 26.2 Å². The fraction of sp³-hybridized carbons (Fsp3) is 0.176. The highest BCUT2D eigenvalue weighted by Gasteiger charge is 2.20. The average Bonchev–Trinajstić information content (AvgIpc) is 2.46. The van der Waals surface area contributed by atoms with Gasteiger partial charge in [-0.3, -0.25) is 9.59 Å². The van der Waals surface area contributed by atoms with E-state index in [9.17, 15) is 9.59 Å². The van der Waals surface area contributed by atoms with Crippen LogP contribution in [0.3, 0.4) is 0 Å². The lowest BCUT2D eigenvalue weighted by molar-refractivity contribution is -0.119. The van der Waals surface area contributed by atoms with Crippen LogP contribution in [-0.4, -0.2) is 11.7 Å². The Morgan fingerprint density at radius 3 is 2.17 bits per heavy atom. The standard InChI is InChI=1S/C17H14Cl3NO2/c1-10(22)21-16(14-7-6-13(19)8-15(14)20)9-17(23)11-2-4-12(18)5-3-11/h2-8,16H,9H2,1H3,(H,21,22). The van der Waals surface area contributed by atoms with Crippen molar-refractivity contribution < 1.29 is 9.59 Å². The fourth-order valence-corrected chi connectivity index (χ4v) is 2.87. The Kier molecular flexibility index (Phi) is 6.05. The predicted molar refractivity (Wildman–Crippen MR) is 93.4 cm³/mol. The predicted octanol–water partition coefficient (Wildman–Crippen LogP) is 5.10. The van der Waals surface area contributed by atoms with Crippen LogP contribution in [0, 0.1) is 0 Å². The highest BCUT2D eigenvalue weighted by molar-refractivity contribution is 6.35. The van der Waals surface area contributed by atoms with E-state index in [-0.39, 0.29) is 18.1 Å². The summed E-state index contributed by atoms with van der Waals surface area (Å²) in [6, 6.07) is 11.0. The molecule has 0 saturated carbocycles. The van der Waals surface area contributed by atoms with E-state index in [1.54, 1.807) is 42.5 Å². The van der Waals surface area contributed by atoms with Crippen LogP contribution in [0.5, 0.6) is 0 Å². The summed E-state index contributed by atoms with van der Waals surface area (Å²) in [6.07, 6.45) is 0.0859. The summed E-state index contributed by atoms with van der Waals surface area (Å²) < 4.78 is 0. The summed E-state index contributed by atoms with van der Waals surface area (Å²) in [6.45, 7) is 1.39. The van der Waals surface area contributed by atoms with E-state index < -0.39 is 6.04 Å². The quantitative estimate of drug-likeness (QED) is 0.744. The third-order valence-electron chi connectivity index (χ3n) is 3.27. The molecule has 1 N–H and O–H groups in total. The molecule has 0 heterocycles. The summed E-state index contributed by atoms with van der Waals surface area (Å²) >= 11 is 17.9. The van der Waals surface area contributed by atoms with E-state index in [2.05, 4.69) is 5.32 Å². The number of halogens is 3. The van der Waals surface area contributed by atoms with E-state index in [1.165, 1.54) is 6.92 Å². The SMILES string of the molecule is CC(=O)NC(CC(=O)c1ccc(Cl)cc1)c1ccc(Cl)cc1Cl. The Balaban J connectivity index is 2.26. The van der Waals surface area contributed by atoms with Gasteiger partial charge in [0.2, 0.25) is 5.91 Å². The second-order valence-corrected chi connectivity index (χ2v) is 6.33. The maximum Gasteiger partial charge on any atom is 0.217 e. The van der Waals surface area contributed by atoms with Gasteiger partial charge in [0.05, 0.1) is 6.04 Å². The van der Waals surface area contributed by atoms with E-state index >= 15 is 0 Å². The molecule has 0 aliphatic carbocycles. The minimum absolute atomic E-state index is 0.0859. The zero-order valence-corrected chi connectivity index (χ0v) is 14.5. The third-order valence-corrected chi connectivity index (χ3v) is 4.09. The van der Waals surface area contributed by atoms with Crippen LogP contribution in [0.2, 0.25) is 15.1 Å². The summed E-state index contributed by atoms with van der Waals surface area (Å²) in [5.41, 5.74) is 1.17. The molecule has 0 aromatic heterocycles. The molecule has 0 fully saturated rings. The van der Waals surface area contributed by atoms with Crippen molar-refractivity contribution in [3.8, 4) is 0 Å². The number of hydrogen-bond acceptors (Lipinski definition) is 2. The monoisotopic (exact) mass is 369 g/mol. The molecule has 2 aromatic carbocycles. The topological polar surface area (TPSA) is 46.2 Å². The van der Waals surface area contributed by atoms with Gasteiger partial charge in [-0.25, -0.2) is 0 Å². The number of ketones is 1. The number of hydrogen-bond donors (Lipinski definition) is 1. The van der Waals surface area contributed by atoms with Gasteiger partial charge in [0.15, 0.2) is 5.78 Å². The molecule has 6 heteroatoms. The number of carbonyl (C=O) groups excluding carboxylic acids is 2. The highest BCUT2D eigenvalue weighted by Crippen LogP contribution is 2.29. The molecule has 0 aliphatic heterocycles. The molecule has 0 spiro atoms. The van der Waals surface area contributed by atoms with Crippen molar-refractivity contribution in [1.29, 1.82) is 0 Å². The van der Waals surface area contributed by atoms with Crippen LogP contribution in [0.25, 0.3) is 0 Å². The minimum atomic E-state index is -0.527. The second kappa shape index (κ2) is 7.82. The molecule has 3 nitrogen and oxygen atoms in total. The highest BCUT2D eigenvalue weighted by atomic mass is 35.5. The van der Waals surface area contributed by atoms with Crippen molar-refractivity contribution in [2.75, 3.05) is 0 Å². The third kappa shape index (κ3) is 4.96. The number of benzene rings is 2. The van der Waals surface area contributed by atoms with E-state index in [1.807, 2.05) is 0 Å². The number of Topliss-reactive ketones (excluding diaryl/α,β-unsaturated/α-hetero) is 1. The van der Waals surface area contributed by atoms with Gasteiger partial charge in [-0.1, -0.05) is 40.9 Å². The molecule has 2 aromatic rings. The Labute approximate surface area is 149 Å². The molecule has 2 rings (SSSR count). The first-order valence-corrected chi connectivity index (χ1v) is 8.01. The zero-order chi connectivity index (χ0) is 17.0. The molecule has 0 bridgehead atoms. The van der Waals surface area contributed by atoms with E-state index in [4.69, 9.17) is 34.8 Å². The Morgan fingerprint density at radius 2 is 1.61 bits per heavy atom. The van der Waals surface area contributed by atoms with Crippen molar-refractivity contribution in [3.63, 3.8) is 0 Å². The van der Waals surface area contributed by atoms with Crippen molar-refractivity contribution in [3.05, 3.63) is 68.7 Å². The molecule has 0 radical (unpaired) electrons. The molecule has 1 unspecified atom stereocenters. The van der Waals surface area contributed by atoms with Crippen LogP contribution < -0.4 is 5.32 Å². The number of nitrogens with one attached hydrogen (secondary N) is 1. The molecule has 0 aliphatic rings. The number of amides is 1. The molecule has 120 valence electrons. The van der Waals surface area contributed by atoms with Crippen LogP contribution in [0.15, 0.2) is 42.5 Å². The lowest BCUT2D eigenvalue weighted by Crippen LogP contribution is -2.28. The Morgan fingerprint density at radius 1 is 1.00 bits per heavy atom. The number of carbonyl (C=O) groups is 2. The lowest BCUT2D eigenvalue weighted by atomic mass is 9.97. The molecular weight excluding hydrogens is 357 g/mol. The van der Waals surface area contributed by atoms with Crippen LogP contribution >= 0.6 is 34.8 Å². The summed E-state index contributed by atoms with van der Waals surface area (Å²) in [7, 11) is 0. The van der Waals surface area contributed by atoms with Gasteiger partial charge in [0, 0.05) is 34.0 Å². The summed E-state index contributed by atoms with van der Waals surface area (Å²) in [4.78, 5) is 23.9. The molecule has 1 atom stereocenters. The maximum atomic E-state index is 12.4. The Bertz CT molecular complexity index is 729. The van der Waals surface area contributed by atoms with Crippen molar-refractivity contribution in [1.82, 2.24) is 5.32 Å². The largest absolute Gasteiger partial charge is 0.349 e. The zero-order valence-electron chi connectivity index (χ0n) is 12.3. The van der Waals surface area contributed by atoms with Crippen molar-refractivity contribution in [2.45, 2.75) is 19.4 Å². The van der Waals surface area contributed by atoms with Crippen molar-refractivity contribution in [2.24, 2.45) is 0 Å².